The van der Waals surface area contributed by atoms with Crippen molar-refractivity contribution >= 4 is 0 Å². The fraction of sp³-hybridized carbons (Fsp3) is 0.294. The predicted octanol–water partition coefficient (Wildman–Crippen LogP) is 2.62. The molecule has 0 bridgehead atoms. The molecule has 2 aromatic rings. The normalized spacial score (nSPS) is 23.7. The first-order valence-corrected chi connectivity index (χ1v) is 6.75. The third kappa shape index (κ3) is 2.42. The highest BCUT2D eigenvalue weighted by Crippen LogP contribution is 2.33. The minimum atomic E-state index is -0.365. The Bertz CT molecular complexity index is 552. The highest BCUT2D eigenvalue weighted by Gasteiger charge is 2.29. The average molecular weight is 253 g/mol. The summed E-state index contributed by atoms with van der Waals surface area (Å²) in [6.45, 7) is 1.60. The van der Waals surface area contributed by atoms with Crippen molar-refractivity contribution in [3.63, 3.8) is 0 Å². The van der Waals surface area contributed by atoms with Gasteiger partial charge in [0.1, 0.15) is 0 Å². The first-order valence-electron chi connectivity index (χ1n) is 6.75. The van der Waals surface area contributed by atoms with E-state index in [1.807, 2.05) is 18.2 Å². The summed E-state index contributed by atoms with van der Waals surface area (Å²) in [5.74, 6) is 0.0716. The summed E-state index contributed by atoms with van der Waals surface area (Å²) < 4.78 is 0. The minimum absolute atomic E-state index is 0.0716. The van der Waals surface area contributed by atoms with Crippen LogP contribution in [0.3, 0.4) is 0 Å². The zero-order chi connectivity index (χ0) is 13.2. The van der Waals surface area contributed by atoms with Gasteiger partial charge in [0.05, 0.1) is 6.10 Å². The summed E-state index contributed by atoms with van der Waals surface area (Å²) >= 11 is 0. The van der Waals surface area contributed by atoms with Gasteiger partial charge < -0.3 is 5.11 Å². The zero-order valence-electron chi connectivity index (χ0n) is 11.2. The van der Waals surface area contributed by atoms with E-state index in [-0.39, 0.29) is 12.0 Å². The van der Waals surface area contributed by atoms with Crippen LogP contribution < -0.4 is 0 Å². The van der Waals surface area contributed by atoms with Crippen molar-refractivity contribution in [3.05, 3.63) is 71.3 Å². The molecule has 0 unspecified atom stereocenters. The van der Waals surface area contributed by atoms with Crippen LogP contribution in [0, 0.1) is 0 Å². The van der Waals surface area contributed by atoms with E-state index >= 15 is 0 Å². The smallest absolute Gasteiger partial charge is 0.0776 e. The molecule has 98 valence electrons. The van der Waals surface area contributed by atoms with Crippen LogP contribution in [0.4, 0.5) is 0 Å². The Labute approximate surface area is 114 Å². The van der Waals surface area contributed by atoms with Crippen molar-refractivity contribution in [3.8, 4) is 0 Å². The summed E-state index contributed by atoms with van der Waals surface area (Å²) in [5, 5.41) is 10.6. The lowest BCUT2D eigenvalue weighted by Gasteiger charge is -2.23. The first kappa shape index (κ1) is 12.4. The Morgan fingerprint density at radius 1 is 1.00 bits per heavy atom. The maximum absolute atomic E-state index is 10.6. The molecule has 0 aromatic heterocycles. The second kappa shape index (κ2) is 5.16. The molecule has 19 heavy (non-hydrogen) atoms. The van der Waals surface area contributed by atoms with E-state index in [0.29, 0.717) is 6.54 Å². The number of β-amino-alcohol motifs (C(OH)–C–C–N with tert-alkyl or cyclic N) is 1. The largest absolute Gasteiger partial charge is 0.391 e. The minimum Gasteiger partial charge on any atom is -0.391 e. The molecule has 0 radical (unpaired) electrons. The summed E-state index contributed by atoms with van der Waals surface area (Å²) in [7, 11) is 2.06. The van der Waals surface area contributed by atoms with E-state index in [2.05, 4.69) is 48.3 Å². The van der Waals surface area contributed by atoms with Gasteiger partial charge in [0.25, 0.3) is 0 Å². The quantitative estimate of drug-likeness (QED) is 0.844. The molecule has 0 spiro atoms. The van der Waals surface area contributed by atoms with Crippen molar-refractivity contribution in [2.75, 3.05) is 13.6 Å². The fourth-order valence-electron chi connectivity index (χ4n) is 3.03. The van der Waals surface area contributed by atoms with Crippen LogP contribution in [0.1, 0.15) is 22.6 Å². The van der Waals surface area contributed by atoms with Gasteiger partial charge in [-0.1, -0.05) is 54.6 Å². The first-order chi connectivity index (χ1) is 9.25. The number of aliphatic hydroxyl groups excluding tert-OH is 1. The number of nitrogens with zero attached hydrogens (tertiary/aromatic N) is 1. The Hall–Kier alpha value is -1.64. The van der Waals surface area contributed by atoms with Crippen LogP contribution in [0.5, 0.6) is 0 Å². The van der Waals surface area contributed by atoms with Crippen molar-refractivity contribution in [2.45, 2.75) is 18.6 Å². The third-order valence-corrected chi connectivity index (χ3v) is 3.87. The van der Waals surface area contributed by atoms with E-state index in [1.54, 1.807) is 0 Å². The van der Waals surface area contributed by atoms with E-state index in [9.17, 15) is 5.11 Å². The molecule has 0 saturated heterocycles. The van der Waals surface area contributed by atoms with Crippen LogP contribution in [-0.2, 0) is 6.54 Å². The predicted molar refractivity (Wildman–Crippen MR) is 77.1 cm³/mol. The number of benzene rings is 2. The van der Waals surface area contributed by atoms with Crippen molar-refractivity contribution in [1.29, 1.82) is 0 Å². The topological polar surface area (TPSA) is 23.5 Å². The Morgan fingerprint density at radius 3 is 2.47 bits per heavy atom. The maximum atomic E-state index is 10.6. The average Bonchev–Trinajstić information content (AvgIpc) is 2.54. The van der Waals surface area contributed by atoms with E-state index in [4.69, 9.17) is 0 Å². The third-order valence-electron chi connectivity index (χ3n) is 3.87. The Kier molecular flexibility index (Phi) is 3.36. The molecule has 0 saturated carbocycles. The van der Waals surface area contributed by atoms with Crippen LogP contribution in [0.15, 0.2) is 54.6 Å². The molecule has 2 atom stereocenters. The molecular weight excluding hydrogens is 234 g/mol. The van der Waals surface area contributed by atoms with Crippen LogP contribution in [0.2, 0.25) is 0 Å². The molecule has 1 N–H and O–H groups in total. The molecule has 3 rings (SSSR count). The van der Waals surface area contributed by atoms with Gasteiger partial charge in [-0.2, -0.15) is 0 Å². The lowest BCUT2D eigenvalue weighted by atomic mass is 9.85. The molecule has 1 aliphatic rings. The van der Waals surface area contributed by atoms with Crippen LogP contribution in [-0.4, -0.2) is 29.7 Å². The Morgan fingerprint density at radius 2 is 1.68 bits per heavy atom. The van der Waals surface area contributed by atoms with Crippen molar-refractivity contribution < 1.29 is 5.11 Å². The Balaban J connectivity index is 2.11. The number of rotatable bonds is 1. The molecule has 2 heteroatoms. The van der Waals surface area contributed by atoms with Gasteiger partial charge in [0.15, 0.2) is 0 Å². The zero-order valence-corrected chi connectivity index (χ0v) is 11.2. The lowest BCUT2D eigenvalue weighted by molar-refractivity contribution is 0.116. The standard InChI is InChI=1S/C17H19NO/c1-18-11-14-9-5-6-10-15(14)17(16(19)12-18)13-7-3-2-4-8-13/h2-10,16-17,19H,11-12H2,1H3/t16-,17-/m0/s1. The number of aliphatic hydroxyl groups is 1. The van der Waals surface area contributed by atoms with E-state index < -0.39 is 0 Å². The molecule has 2 aromatic carbocycles. The summed E-state index contributed by atoms with van der Waals surface area (Å²) in [6, 6.07) is 18.8. The van der Waals surface area contributed by atoms with Gasteiger partial charge in [-0.05, 0) is 23.7 Å². The molecule has 2 nitrogen and oxygen atoms in total. The summed E-state index contributed by atoms with van der Waals surface area (Å²) in [4.78, 5) is 2.19. The highest BCUT2D eigenvalue weighted by atomic mass is 16.3. The van der Waals surface area contributed by atoms with E-state index in [0.717, 1.165) is 6.54 Å². The molecule has 0 amide bonds. The molecule has 0 fully saturated rings. The van der Waals surface area contributed by atoms with Gasteiger partial charge in [-0.15, -0.1) is 0 Å². The maximum Gasteiger partial charge on any atom is 0.0776 e. The van der Waals surface area contributed by atoms with Crippen LogP contribution in [0.25, 0.3) is 0 Å². The van der Waals surface area contributed by atoms with E-state index in [1.165, 1.54) is 16.7 Å². The SMILES string of the molecule is CN1Cc2ccccc2[C@H](c2ccccc2)[C@@H](O)C1. The fourth-order valence-corrected chi connectivity index (χ4v) is 3.03. The second-order valence-corrected chi connectivity index (χ2v) is 5.35. The van der Waals surface area contributed by atoms with Gasteiger partial charge in [-0.3, -0.25) is 4.90 Å². The number of likely N-dealkylation sites (N-methyl/N-ethyl adjacent to an activating group) is 1. The molecular formula is C17H19NO. The number of hydrogen-bond acceptors (Lipinski definition) is 2. The van der Waals surface area contributed by atoms with Crippen LogP contribution >= 0.6 is 0 Å². The van der Waals surface area contributed by atoms with Gasteiger partial charge >= 0.3 is 0 Å². The van der Waals surface area contributed by atoms with Crippen molar-refractivity contribution in [1.82, 2.24) is 4.90 Å². The van der Waals surface area contributed by atoms with Gasteiger partial charge in [0.2, 0.25) is 0 Å². The van der Waals surface area contributed by atoms with Gasteiger partial charge in [0, 0.05) is 19.0 Å². The van der Waals surface area contributed by atoms with Gasteiger partial charge in [-0.25, -0.2) is 0 Å². The highest BCUT2D eigenvalue weighted by molar-refractivity contribution is 5.40. The summed E-state index contributed by atoms with van der Waals surface area (Å²) in [6.07, 6.45) is -0.365. The monoisotopic (exact) mass is 253 g/mol. The number of hydrogen-bond donors (Lipinski definition) is 1. The molecule has 0 aliphatic carbocycles. The lowest BCUT2D eigenvalue weighted by Crippen LogP contribution is -2.30. The van der Waals surface area contributed by atoms with Crippen molar-refractivity contribution in [2.24, 2.45) is 0 Å². The number of fused-ring (bicyclic) bond motifs is 1. The molecule has 1 aliphatic heterocycles. The molecule has 1 heterocycles. The summed E-state index contributed by atoms with van der Waals surface area (Å²) in [5.41, 5.74) is 3.76. The second-order valence-electron chi connectivity index (χ2n) is 5.35.